The quantitative estimate of drug-likeness (QED) is 0.786. The zero-order valence-corrected chi connectivity index (χ0v) is 13.3. The minimum absolute atomic E-state index is 0.131. The van der Waals surface area contributed by atoms with Gasteiger partial charge in [-0.05, 0) is 37.3 Å². The molecule has 1 saturated heterocycles. The van der Waals surface area contributed by atoms with Crippen LogP contribution in [0.2, 0.25) is 0 Å². The van der Waals surface area contributed by atoms with E-state index in [9.17, 15) is 9.59 Å². The minimum atomic E-state index is -0.247. The summed E-state index contributed by atoms with van der Waals surface area (Å²) in [5, 5.41) is 5.25. The molecule has 4 rings (SSSR count). The average molecular weight is 323 g/mol. The summed E-state index contributed by atoms with van der Waals surface area (Å²) in [5.74, 6) is 0.510. The number of aromatic nitrogens is 2. The van der Waals surface area contributed by atoms with Gasteiger partial charge in [-0.15, -0.1) is 0 Å². The maximum atomic E-state index is 12.9. The lowest BCUT2D eigenvalue weighted by atomic mass is 10.1. The van der Waals surface area contributed by atoms with Crippen LogP contribution in [-0.2, 0) is 0 Å². The molecule has 2 aromatic heterocycles. The summed E-state index contributed by atoms with van der Waals surface area (Å²) in [6.45, 7) is 2.49. The molecule has 1 aliphatic heterocycles. The van der Waals surface area contributed by atoms with Crippen LogP contribution in [0.5, 0.6) is 0 Å². The molecule has 0 radical (unpaired) electrons. The Labute approximate surface area is 138 Å². The zero-order valence-electron chi connectivity index (χ0n) is 13.3. The fourth-order valence-electron chi connectivity index (χ4n) is 3.33. The number of benzene rings is 1. The molecule has 0 aliphatic carbocycles. The van der Waals surface area contributed by atoms with Crippen molar-refractivity contribution in [3.63, 3.8) is 0 Å². The molecule has 1 amide bonds. The highest BCUT2D eigenvalue weighted by Gasteiger charge is 2.33. The van der Waals surface area contributed by atoms with Gasteiger partial charge in [0.1, 0.15) is 5.69 Å². The molecule has 6 nitrogen and oxygen atoms in total. The van der Waals surface area contributed by atoms with E-state index in [4.69, 9.17) is 4.52 Å². The zero-order chi connectivity index (χ0) is 16.7. The van der Waals surface area contributed by atoms with Gasteiger partial charge in [0.15, 0.2) is 5.76 Å². The predicted molar refractivity (Wildman–Crippen MR) is 88.8 cm³/mol. The van der Waals surface area contributed by atoms with E-state index in [1.165, 1.54) is 0 Å². The maximum Gasteiger partial charge on any atom is 0.271 e. The number of nitrogens with zero attached hydrogens (tertiary/aromatic N) is 2. The van der Waals surface area contributed by atoms with Crippen LogP contribution in [0.1, 0.15) is 40.8 Å². The fourth-order valence-corrected chi connectivity index (χ4v) is 3.33. The number of rotatable bonds is 2. The molecule has 1 atom stereocenters. The van der Waals surface area contributed by atoms with Gasteiger partial charge in [-0.3, -0.25) is 9.59 Å². The Bertz CT molecular complexity index is 973. The molecule has 0 saturated carbocycles. The first kappa shape index (κ1) is 14.7. The van der Waals surface area contributed by atoms with Gasteiger partial charge < -0.3 is 14.4 Å². The van der Waals surface area contributed by atoms with E-state index >= 15 is 0 Å². The largest absolute Gasteiger partial charge is 0.359 e. The molecule has 3 aromatic rings. The molecule has 122 valence electrons. The monoisotopic (exact) mass is 323 g/mol. The van der Waals surface area contributed by atoms with Crippen molar-refractivity contribution in [3.05, 3.63) is 63.9 Å². The Morgan fingerprint density at radius 2 is 2.17 bits per heavy atom. The minimum Gasteiger partial charge on any atom is -0.359 e. The number of aromatic amines is 1. The second-order valence-corrected chi connectivity index (χ2v) is 6.13. The van der Waals surface area contributed by atoms with Crippen molar-refractivity contribution < 1.29 is 9.32 Å². The summed E-state index contributed by atoms with van der Waals surface area (Å²) in [6.07, 6.45) is 1.73. The fraction of sp³-hybridized carbons (Fsp3) is 0.278. The van der Waals surface area contributed by atoms with Crippen LogP contribution in [-0.4, -0.2) is 27.5 Å². The summed E-state index contributed by atoms with van der Waals surface area (Å²) in [7, 11) is 0. The summed E-state index contributed by atoms with van der Waals surface area (Å²) < 4.78 is 5.34. The Kier molecular flexibility index (Phi) is 3.45. The van der Waals surface area contributed by atoms with Crippen molar-refractivity contribution in [2.75, 3.05) is 6.54 Å². The number of hydrogen-bond acceptors (Lipinski definition) is 4. The number of fused-ring (bicyclic) bond motifs is 1. The first-order valence-electron chi connectivity index (χ1n) is 8.00. The maximum absolute atomic E-state index is 12.9. The molecule has 3 heterocycles. The van der Waals surface area contributed by atoms with Crippen molar-refractivity contribution in [3.8, 4) is 0 Å². The third-order valence-electron chi connectivity index (χ3n) is 4.47. The van der Waals surface area contributed by atoms with Crippen LogP contribution in [0.4, 0.5) is 0 Å². The lowest BCUT2D eigenvalue weighted by molar-refractivity contribution is 0.0708. The lowest BCUT2D eigenvalue weighted by Gasteiger charge is -2.22. The van der Waals surface area contributed by atoms with Crippen molar-refractivity contribution in [1.29, 1.82) is 0 Å². The number of amides is 1. The van der Waals surface area contributed by atoms with Crippen LogP contribution in [0.15, 0.2) is 45.7 Å². The van der Waals surface area contributed by atoms with E-state index in [2.05, 4.69) is 10.1 Å². The highest BCUT2D eigenvalue weighted by molar-refractivity contribution is 5.96. The number of likely N-dealkylation sites (tertiary alicyclic amines) is 1. The number of hydrogen-bond donors (Lipinski definition) is 1. The van der Waals surface area contributed by atoms with Gasteiger partial charge in [-0.25, -0.2) is 0 Å². The molecule has 0 bridgehead atoms. The third-order valence-corrected chi connectivity index (χ3v) is 4.47. The number of aryl methyl sites for hydroxylation is 1. The van der Waals surface area contributed by atoms with Crippen LogP contribution < -0.4 is 5.56 Å². The molecular formula is C18H17N3O3. The number of pyridine rings is 1. The van der Waals surface area contributed by atoms with Gasteiger partial charge >= 0.3 is 0 Å². The third kappa shape index (κ3) is 2.40. The summed E-state index contributed by atoms with van der Waals surface area (Å²) in [6, 6.07) is 10.7. The molecule has 6 heteroatoms. The molecule has 1 aromatic carbocycles. The number of nitrogens with one attached hydrogen (secondary N) is 1. The topological polar surface area (TPSA) is 79.2 Å². The second-order valence-electron chi connectivity index (χ2n) is 6.13. The standard InChI is InChI=1S/C18H17N3O3/c1-11-9-16(24-20-11)15-7-4-8-21(15)18(23)14-10-12-5-2-3-6-13(12)17(22)19-14/h2-3,5-6,9-10,15H,4,7-8H2,1H3,(H,19,22). The highest BCUT2D eigenvalue weighted by atomic mass is 16.5. The van der Waals surface area contributed by atoms with Gasteiger partial charge in [0, 0.05) is 18.0 Å². The SMILES string of the molecule is Cc1cc(C2CCCN2C(=O)c2cc3ccccc3c(=O)[nH]2)on1. The number of carbonyl (C=O) groups is 1. The van der Waals surface area contributed by atoms with Crippen LogP contribution in [0.25, 0.3) is 10.8 Å². The van der Waals surface area contributed by atoms with E-state index in [0.29, 0.717) is 23.4 Å². The van der Waals surface area contributed by atoms with E-state index in [1.807, 2.05) is 31.2 Å². The molecule has 24 heavy (non-hydrogen) atoms. The summed E-state index contributed by atoms with van der Waals surface area (Å²) in [5.41, 5.74) is 0.855. The van der Waals surface area contributed by atoms with Crippen molar-refractivity contribution in [1.82, 2.24) is 15.0 Å². The molecule has 1 aliphatic rings. The molecule has 1 fully saturated rings. The Morgan fingerprint density at radius 3 is 2.96 bits per heavy atom. The molecule has 1 N–H and O–H groups in total. The Morgan fingerprint density at radius 1 is 1.33 bits per heavy atom. The average Bonchev–Trinajstić information content (AvgIpc) is 3.22. The van der Waals surface area contributed by atoms with Gasteiger partial charge in [-0.1, -0.05) is 23.4 Å². The molecular weight excluding hydrogens is 306 g/mol. The smallest absolute Gasteiger partial charge is 0.271 e. The molecule has 1 unspecified atom stereocenters. The van der Waals surface area contributed by atoms with Crippen molar-refractivity contribution in [2.45, 2.75) is 25.8 Å². The number of H-pyrrole nitrogens is 1. The normalized spacial score (nSPS) is 17.5. The van der Waals surface area contributed by atoms with Gasteiger partial charge in [0.25, 0.3) is 11.5 Å². The molecule has 0 spiro atoms. The van der Waals surface area contributed by atoms with E-state index < -0.39 is 0 Å². The summed E-state index contributed by atoms with van der Waals surface area (Å²) >= 11 is 0. The summed E-state index contributed by atoms with van der Waals surface area (Å²) in [4.78, 5) is 29.6. The van der Waals surface area contributed by atoms with Gasteiger partial charge in [0.2, 0.25) is 0 Å². The van der Waals surface area contributed by atoms with Crippen molar-refractivity contribution >= 4 is 16.7 Å². The predicted octanol–water partition coefficient (Wildman–Crippen LogP) is 2.80. The number of carbonyl (C=O) groups excluding carboxylic acids is 1. The Balaban J connectivity index is 1.71. The van der Waals surface area contributed by atoms with Crippen LogP contribution >= 0.6 is 0 Å². The lowest BCUT2D eigenvalue weighted by Crippen LogP contribution is -2.32. The van der Waals surface area contributed by atoms with Crippen LogP contribution in [0.3, 0.4) is 0 Å². The highest BCUT2D eigenvalue weighted by Crippen LogP contribution is 2.33. The first-order chi connectivity index (χ1) is 11.6. The van der Waals surface area contributed by atoms with Crippen molar-refractivity contribution in [2.24, 2.45) is 0 Å². The first-order valence-corrected chi connectivity index (χ1v) is 8.00. The van der Waals surface area contributed by atoms with Gasteiger partial charge in [-0.2, -0.15) is 0 Å². The van der Waals surface area contributed by atoms with Gasteiger partial charge in [0.05, 0.1) is 11.7 Å². The Hall–Kier alpha value is -2.89. The van der Waals surface area contributed by atoms with Crippen LogP contribution in [0, 0.1) is 6.92 Å². The second kappa shape index (κ2) is 5.63. The van der Waals surface area contributed by atoms with E-state index in [-0.39, 0.29) is 17.5 Å². The van der Waals surface area contributed by atoms with E-state index in [0.717, 1.165) is 23.9 Å². The van der Waals surface area contributed by atoms with E-state index in [1.54, 1.807) is 17.0 Å².